The average molecular weight is 174 g/mol. The molecule has 0 radical (unpaired) electrons. The topological polar surface area (TPSA) is 101 Å². The molecular formula is C6H10N2O4. The molecule has 0 atom stereocenters. The maximum atomic E-state index is 10.9. The summed E-state index contributed by atoms with van der Waals surface area (Å²) >= 11 is 0. The van der Waals surface area contributed by atoms with Gasteiger partial charge in [-0.25, -0.2) is 4.79 Å². The molecule has 3 N–H and O–H groups in total. The molecule has 0 fully saturated rings. The van der Waals surface area contributed by atoms with Crippen molar-refractivity contribution in [2.75, 3.05) is 6.54 Å². The third-order valence-electron chi connectivity index (χ3n) is 1.19. The Morgan fingerprint density at radius 1 is 1.42 bits per heavy atom. The first kappa shape index (κ1) is 10.4. The van der Waals surface area contributed by atoms with Crippen LogP contribution in [-0.2, 0) is 9.59 Å². The normalized spacial score (nSPS) is 9.08. The highest BCUT2D eigenvalue weighted by atomic mass is 16.4. The van der Waals surface area contributed by atoms with E-state index in [4.69, 9.17) is 10.8 Å². The summed E-state index contributed by atoms with van der Waals surface area (Å²) in [6, 6.07) is -0.927. The number of carboxylic acid groups (broad SMARTS) is 1. The van der Waals surface area contributed by atoms with Crippen LogP contribution < -0.4 is 5.73 Å². The van der Waals surface area contributed by atoms with E-state index in [1.165, 1.54) is 6.92 Å². The van der Waals surface area contributed by atoms with Crippen molar-refractivity contribution in [3.63, 3.8) is 0 Å². The molecule has 0 bridgehead atoms. The molecule has 0 aromatic heterocycles. The van der Waals surface area contributed by atoms with E-state index in [1.54, 1.807) is 0 Å². The molecular weight excluding hydrogens is 164 g/mol. The van der Waals surface area contributed by atoms with Gasteiger partial charge < -0.3 is 10.8 Å². The summed E-state index contributed by atoms with van der Waals surface area (Å²) in [5.74, 6) is -2.07. The zero-order chi connectivity index (χ0) is 9.72. The Kier molecular flexibility index (Phi) is 3.75. The molecule has 0 heterocycles. The Morgan fingerprint density at radius 3 is 2.17 bits per heavy atom. The van der Waals surface area contributed by atoms with Crippen molar-refractivity contribution < 1.29 is 19.5 Å². The molecule has 0 saturated heterocycles. The smallest absolute Gasteiger partial charge is 0.321 e. The van der Waals surface area contributed by atoms with Crippen LogP contribution in [0.5, 0.6) is 0 Å². The molecule has 0 aromatic rings. The molecule has 0 aliphatic carbocycles. The lowest BCUT2D eigenvalue weighted by atomic mass is 10.4. The van der Waals surface area contributed by atoms with E-state index < -0.39 is 24.3 Å². The summed E-state index contributed by atoms with van der Waals surface area (Å²) in [7, 11) is 0. The number of hydrogen-bond donors (Lipinski definition) is 2. The van der Waals surface area contributed by atoms with Crippen molar-refractivity contribution in [3.05, 3.63) is 0 Å². The predicted octanol–water partition coefficient (Wildman–Crippen LogP) is -0.612. The monoisotopic (exact) mass is 174 g/mol. The van der Waals surface area contributed by atoms with Gasteiger partial charge in [-0.2, -0.15) is 0 Å². The van der Waals surface area contributed by atoms with E-state index in [1.807, 2.05) is 0 Å². The van der Waals surface area contributed by atoms with E-state index in [0.29, 0.717) is 4.90 Å². The number of primary amides is 1. The van der Waals surface area contributed by atoms with E-state index in [2.05, 4.69) is 0 Å². The molecule has 0 aliphatic heterocycles. The molecule has 12 heavy (non-hydrogen) atoms. The minimum absolute atomic E-state index is 0.0848. The largest absolute Gasteiger partial charge is 0.481 e. The van der Waals surface area contributed by atoms with Crippen LogP contribution in [0.3, 0.4) is 0 Å². The Morgan fingerprint density at radius 2 is 1.92 bits per heavy atom. The summed E-state index contributed by atoms with van der Waals surface area (Å²) in [6.45, 7) is 1.62. The van der Waals surface area contributed by atoms with E-state index in [0.717, 1.165) is 0 Å². The van der Waals surface area contributed by atoms with Crippen LogP contribution in [0.1, 0.15) is 13.3 Å². The van der Waals surface area contributed by atoms with Gasteiger partial charge in [0.2, 0.25) is 5.91 Å². The van der Waals surface area contributed by atoms with Crippen LogP contribution in [0, 0.1) is 0 Å². The Labute approximate surface area is 68.9 Å². The number of carbonyl (C=O) groups is 3. The minimum atomic E-state index is -1.28. The number of nitrogens with two attached hydrogens (primary N) is 1. The molecule has 0 aliphatic rings. The number of carbonyl (C=O) groups excluding carboxylic acids is 2. The number of hydrogen-bond acceptors (Lipinski definition) is 3. The van der Waals surface area contributed by atoms with Gasteiger partial charge in [-0.05, 0) is 6.92 Å². The first-order valence-electron chi connectivity index (χ1n) is 3.30. The highest BCUT2D eigenvalue weighted by Crippen LogP contribution is 1.93. The number of amides is 3. The first-order chi connectivity index (χ1) is 5.49. The first-order valence-corrected chi connectivity index (χ1v) is 3.30. The van der Waals surface area contributed by atoms with Crippen LogP contribution in [0.2, 0.25) is 0 Å². The van der Waals surface area contributed by atoms with Gasteiger partial charge in [0.05, 0.1) is 0 Å². The average Bonchev–Trinajstić information content (AvgIpc) is 1.85. The fourth-order valence-electron chi connectivity index (χ4n) is 0.680. The van der Waals surface area contributed by atoms with Gasteiger partial charge >= 0.3 is 12.0 Å². The summed E-state index contributed by atoms with van der Waals surface area (Å²) in [4.78, 5) is 32.1. The number of nitrogens with zero attached hydrogens (tertiary/aromatic N) is 1. The lowest BCUT2D eigenvalue weighted by Gasteiger charge is -2.14. The van der Waals surface area contributed by atoms with Crippen LogP contribution in [0.25, 0.3) is 0 Å². The zero-order valence-electron chi connectivity index (χ0n) is 6.61. The minimum Gasteiger partial charge on any atom is -0.481 e. The van der Waals surface area contributed by atoms with Gasteiger partial charge in [-0.1, -0.05) is 0 Å². The summed E-state index contributed by atoms with van der Waals surface area (Å²) in [5.41, 5.74) is 4.80. The Bertz CT molecular complexity index is 214. The van der Waals surface area contributed by atoms with E-state index in [-0.39, 0.29) is 6.54 Å². The van der Waals surface area contributed by atoms with Gasteiger partial charge in [-0.3, -0.25) is 14.5 Å². The third kappa shape index (κ3) is 3.00. The molecule has 0 aromatic carbocycles. The number of urea groups is 1. The quantitative estimate of drug-likeness (QED) is 0.557. The second-order valence-corrected chi connectivity index (χ2v) is 2.05. The van der Waals surface area contributed by atoms with Gasteiger partial charge in [0.1, 0.15) is 6.42 Å². The van der Waals surface area contributed by atoms with Gasteiger partial charge in [0.15, 0.2) is 0 Å². The number of imide groups is 1. The molecule has 0 rings (SSSR count). The highest BCUT2D eigenvalue weighted by molar-refractivity contribution is 6.01. The molecule has 0 unspecified atom stereocenters. The SMILES string of the molecule is CCN(C(N)=O)C(=O)CC(=O)O. The molecule has 6 heteroatoms. The summed E-state index contributed by atoms with van der Waals surface area (Å²) in [6.07, 6.45) is -0.712. The van der Waals surface area contributed by atoms with Gasteiger partial charge in [-0.15, -0.1) is 0 Å². The maximum absolute atomic E-state index is 10.9. The number of carboxylic acids is 1. The van der Waals surface area contributed by atoms with Crippen LogP contribution >= 0.6 is 0 Å². The lowest BCUT2D eigenvalue weighted by molar-refractivity contribution is -0.142. The summed E-state index contributed by atoms with van der Waals surface area (Å²) < 4.78 is 0. The van der Waals surface area contributed by atoms with E-state index >= 15 is 0 Å². The molecule has 3 amide bonds. The Hall–Kier alpha value is -1.59. The van der Waals surface area contributed by atoms with Crippen LogP contribution in [-0.4, -0.2) is 34.5 Å². The summed E-state index contributed by atoms with van der Waals surface area (Å²) in [5, 5.41) is 8.21. The van der Waals surface area contributed by atoms with Crippen LogP contribution in [0.4, 0.5) is 4.79 Å². The van der Waals surface area contributed by atoms with Gasteiger partial charge in [0, 0.05) is 6.54 Å². The fraction of sp³-hybridized carbons (Fsp3) is 0.500. The van der Waals surface area contributed by atoms with Crippen molar-refractivity contribution in [1.29, 1.82) is 0 Å². The standard InChI is InChI=1S/C6H10N2O4/c1-2-8(6(7)12)4(9)3-5(10)11/h2-3H2,1H3,(H2,7,12)(H,10,11). The second-order valence-electron chi connectivity index (χ2n) is 2.05. The maximum Gasteiger partial charge on any atom is 0.321 e. The lowest BCUT2D eigenvalue weighted by Crippen LogP contribution is -2.41. The predicted molar refractivity (Wildman–Crippen MR) is 39.2 cm³/mol. The van der Waals surface area contributed by atoms with E-state index in [9.17, 15) is 14.4 Å². The van der Waals surface area contributed by atoms with Crippen molar-refractivity contribution in [2.45, 2.75) is 13.3 Å². The van der Waals surface area contributed by atoms with Crippen molar-refractivity contribution in [1.82, 2.24) is 4.90 Å². The van der Waals surface area contributed by atoms with Gasteiger partial charge in [0.25, 0.3) is 0 Å². The molecule has 0 spiro atoms. The third-order valence-corrected chi connectivity index (χ3v) is 1.19. The zero-order valence-corrected chi connectivity index (χ0v) is 6.61. The molecule has 6 nitrogen and oxygen atoms in total. The molecule has 68 valence electrons. The highest BCUT2D eigenvalue weighted by Gasteiger charge is 2.18. The number of aliphatic carboxylic acids is 1. The fourth-order valence-corrected chi connectivity index (χ4v) is 0.680. The van der Waals surface area contributed by atoms with Crippen molar-refractivity contribution in [3.8, 4) is 0 Å². The van der Waals surface area contributed by atoms with Crippen LogP contribution in [0.15, 0.2) is 0 Å². The van der Waals surface area contributed by atoms with Crippen molar-refractivity contribution in [2.24, 2.45) is 5.73 Å². The molecule has 0 saturated carbocycles. The second kappa shape index (κ2) is 4.32. The van der Waals surface area contributed by atoms with Crippen molar-refractivity contribution >= 4 is 17.9 Å². The Balaban J connectivity index is 4.22. The number of rotatable bonds is 3.